The maximum Gasteiger partial charge on any atom is 0.328 e. The first-order valence-corrected chi connectivity index (χ1v) is 6.80. The summed E-state index contributed by atoms with van der Waals surface area (Å²) >= 11 is 0. The highest BCUT2D eigenvalue weighted by molar-refractivity contribution is 7.88. The number of amides is 1. The average Bonchev–Trinajstić information content (AvgIpc) is 2.25. The first-order chi connectivity index (χ1) is 7.80. The van der Waals surface area contributed by atoms with Crippen molar-refractivity contribution in [1.82, 2.24) is 9.21 Å². The van der Waals surface area contributed by atoms with Crippen LogP contribution in [0.2, 0.25) is 0 Å². The molecule has 96 valence electrons. The Hall–Kier alpha value is -1.41. The smallest absolute Gasteiger partial charge is 0.328 e. The molecule has 0 saturated carbocycles. The number of aliphatic carboxylic acids is 1. The molecule has 8 heteroatoms. The van der Waals surface area contributed by atoms with Gasteiger partial charge in [-0.15, -0.1) is 0 Å². The molecule has 0 bridgehead atoms. The molecule has 0 aromatic rings. The van der Waals surface area contributed by atoms with Crippen LogP contribution in [-0.2, 0) is 19.6 Å². The SMILES string of the molecule is CS(=O)(=O)N1CCN(C(=O)/C=C/C(=O)O)CC1. The molecule has 7 nitrogen and oxygen atoms in total. The zero-order valence-electron chi connectivity index (χ0n) is 9.37. The van der Waals surface area contributed by atoms with Crippen LogP contribution >= 0.6 is 0 Å². The van der Waals surface area contributed by atoms with E-state index in [2.05, 4.69) is 0 Å². The van der Waals surface area contributed by atoms with Crippen LogP contribution < -0.4 is 0 Å². The predicted molar refractivity (Wildman–Crippen MR) is 59.8 cm³/mol. The second kappa shape index (κ2) is 5.28. The van der Waals surface area contributed by atoms with Crippen molar-refractivity contribution < 1.29 is 23.1 Å². The summed E-state index contributed by atoms with van der Waals surface area (Å²) in [6, 6.07) is 0. The average molecular weight is 262 g/mol. The van der Waals surface area contributed by atoms with Crippen LogP contribution in [0.4, 0.5) is 0 Å². The van der Waals surface area contributed by atoms with E-state index in [9.17, 15) is 18.0 Å². The molecule has 0 unspecified atom stereocenters. The summed E-state index contributed by atoms with van der Waals surface area (Å²) in [6.45, 7) is 1.03. The maximum absolute atomic E-state index is 11.5. The standard InChI is InChI=1S/C9H14N2O5S/c1-17(15,16)11-6-4-10(5-7-11)8(12)2-3-9(13)14/h2-3H,4-7H2,1H3,(H,13,14)/b3-2+. The number of carboxylic acid groups (broad SMARTS) is 1. The third-order valence-electron chi connectivity index (χ3n) is 2.39. The molecule has 1 rings (SSSR count). The monoisotopic (exact) mass is 262 g/mol. The topological polar surface area (TPSA) is 95.0 Å². The molecular weight excluding hydrogens is 248 g/mol. The summed E-state index contributed by atoms with van der Waals surface area (Å²) in [7, 11) is -3.22. The van der Waals surface area contributed by atoms with E-state index in [0.29, 0.717) is 0 Å². The molecule has 1 saturated heterocycles. The number of hydrogen-bond donors (Lipinski definition) is 1. The molecule has 1 aliphatic heterocycles. The Morgan fingerprint density at radius 2 is 1.65 bits per heavy atom. The minimum atomic E-state index is -3.22. The minimum absolute atomic E-state index is 0.242. The lowest BCUT2D eigenvalue weighted by Gasteiger charge is -2.32. The van der Waals surface area contributed by atoms with E-state index in [4.69, 9.17) is 5.11 Å². The number of carboxylic acids is 1. The van der Waals surface area contributed by atoms with Gasteiger partial charge in [-0.25, -0.2) is 13.2 Å². The van der Waals surface area contributed by atoms with Crippen molar-refractivity contribution in [3.8, 4) is 0 Å². The van der Waals surface area contributed by atoms with Crippen molar-refractivity contribution in [2.24, 2.45) is 0 Å². The molecular formula is C9H14N2O5S. The Morgan fingerprint density at radius 3 is 2.06 bits per heavy atom. The largest absolute Gasteiger partial charge is 0.478 e. The van der Waals surface area contributed by atoms with Gasteiger partial charge in [-0.05, 0) is 0 Å². The van der Waals surface area contributed by atoms with Crippen LogP contribution in [-0.4, -0.2) is 67.0 Å². The fourth-order valence-electron chi connectivity index (χ4n) is 1.49. The number of rotatable bonds is 3. The lowest BCUT2D eigenvalue weighted by molar-refractivity contribution is -0.132. The van der Waals surface area contributed by atoms with Crippen LogP contribution in [0.15, 0.2) is 12.2 Å². The normalized spacial score (nSPS) is 18.5. The van der Waals surface area contributed by atoms with Gasteiger partial charge in [0.1, 0.15) is 0 Å². The van der Waals surface area contributed by atoms with Gasteiger partial charge < -0.3 is 10.0 Å². The molecule has 17 heavy (non-hydrogen) atoms. The van der Waals surface area contributed by atoms with Crippen molar-refractivity contribution in [3.63, 3.8) is 0 Å². The highest BCUT2D eigenvalue weighted by Gasteiger charge is 2.24. The molecule has 1 amide bonds. The van der Waals surface area contributed by atoms with E-state index in [0.717, 1.165) is 18.4 Å². The number of carbonyl (C=O) groups is 2. The van der Waals surface area contributed by atoms with Crippen molar-refractivity contribution in [2.75, 3.05) is 32.4 Å². The van der Waals surface area contributed by atoms with Crippen LogP contribution in [0.25, 0.3) is 0 Å². The second-order valence-electron chi connectivity index (χ2n) is 3.66. The summed E-state index contributed by atoms with van der Waals surface area (Å²) in [5.41, 5.74) is 0. The second-order valence-corrected chi connectivity index (χ2v) is 5.64. The fraction of sp³-hybridized carbons (Fsp3) is 0.556. The number of carbonyl (C=O) groups excluding carboxylic acids is 1. The molecule has 0 aliphatic carbocycles. The fourth-order valence-corrected chi connectivity index (χ4v) is 2.31. The predicted octanol–water partition coefficient (Wildman–Crippen LogP) is -1.27. The van der Waals surface area contributed by atoms with Gasteiger partial charge in [-0.3, -0.25) is 4.79 Å². The third-order valence-corrected chi connectivity index (χ3v) is 3.69. The lowest BCUT2D eigenvalue weighted by Crippen LogP contribution is -2.49. The first-order valence-electron chi connectivity index (χ1n) is 4.96. The summed E-state index contributed by atoms with van der Waals surface area (Å²) in [4.78, 5) is 23.1. The number of nitrogens with zero attached hydrogens (tertiary/aromatic N) is 2. The lowest BCUT2D eigenvalue weighted by atomic mass is 10.3. The summed E-state index contributed by atoms with van der Waals surface area (Å²) in [5.74, 6) is -1.60. The molecule has 1 N–H and O–H groups in total. The highest BCUT2D eigenvalue weighted by atomic mass is 32.2. The molecule has 0 spiro atoms. The minimum Gasteiger partial charge on any atom is -0.478 e. The summed E-state index contributed by atoms with van der Waals surface area (Å²) < 4.78 is 23.7. The van der Waals surface area contributed by atoms with E-state index >= 15 is 0 Å². The van der Waals surface area contributed by atoms with Gasteiger partial charge in [0.25, 0.3) is 0 Å². The molecule has 1 aliphatic rings. The van der Waals surface area contributed by atoms with E-state index < -0.39 is 21.9 Å². The molecule has 0 radical (unpaired) electrons. The zero-order chi connectivity index (χ0) is 13.1. The van der Waals surface area contributed by atoms with Gasteiger partial charge in [0, 0.05) is 38.3 Å². The number of piperazine rings is 1. The van der Waals surface area contributed by atoms with Gasteiger partial charge in [0.15, 0.2) is 0 Å². The molecule has 0 aromatic carbocycles. The van der Waals surface area contributed by atoms with Crippen molar-refractivity contribution >= 4 is 21.9 Å². The number of sulfonamides is 1. The van der Waals surface area contributed by atoms with Gasteiger partial charge in [-0.2, -0.15) is 4.31 Å². The first kappa shape index (κ1) is 13.7. The molecule has 0 aromatic heterocycles. The van der Waals surface area contributed by atoms with Crippen LogP contribution in [0.5, 0.6) is 0 Å². The van der Waals surface area contributed by atoms with Gasteiger partial charge in [-0.1, -0.05) is 0 Å². The third kappa shape index (κ3) is 4.16. The summed E-state index contributed by atoms with van der Waals surface area (Å²) in [5, 5.41) is 8.36. The Bertz CT molecular complexity index is 434. The van der Waals surface area contributed by atoms with E-state index in [-0.39, 0.29) is 26.2 Å². The Labute approximate surface area is 99.4 Å². The Morgan fingerprint density at radius 1 is 1.12 bits per heavy atom. The van der Waals surface area contributed by atoms with Crippen molar-refractivity contribution in [1.29, 1.82) is 0 Å². The summed E-state index contributed by atoms with van der Waals surface area (Å²) in [6.07, 6.45) is 2.86. The van der Waals surface area contributed by atoms with Crippen LogP contribution in [0.3, 0.4) is 0 Å². The van der Waals surface area contributed by atoms with Crippen LogP contribution in [0, 0.1) is 0 Å². The van der Waals surface area contributed by atoms with Crippen molar-refractivity contribution in [2.45, 2.75) is 0 Å². The van der Waals surface area contributed by atoms with Crippen molar-refractivity contribution in [3.05, 3.63) is 12.2 Å². The zero-order valence-corrected chi connectivity index (χ0v) is 10.2. The van der Waals surface area contributed by atoms with Gasteiger partial charge in [0.05, 0.1) is 6.26 Å². The van der Waals surface area contributed by atoms with E-state index in [1.165, 1.54) is 9.21 Å². The Kier molecular flexibility index (Phi) is 4.24. The quantitative estimate of drug-likeness (QED) is 0.640. The van der Waals surface area contributed by atoms with Gasteiger partial charge >= 0.3 is 5.97 Å². The maximum atomic E-state index is 11.5. The van der Waals surface area contributed by atoms with E-state index in [1.54, 1.807) is 0 Å². The molecule has 1 heterocycles. The van der Waals surface area contributed by atoms with Crippen LogP contribution in [0.1, 0.15) is 0 Å². The highest BCUT2D eigenvalue weighted by Crippen LogP contribution is 2.06. The van der Waals surface area contributed by atoms with E-state index in [1.807, 2.05) is 0 Å². The van der Waals surface area contributed by atoms with Gasteiger partial charge in [0.2, 0.25) is 15.9 Å². The number of hydrogen-bond acceptors (Lipinski definition) is 4. The Balaban J connectivity index is 2.53. The molecule has 0 atom stereocenters. The molecule has 1 fully saturated rings.